The highest BCUT2D eigenvalue weighted by atomic mass is 16.6. The number of imide groups is 1. The number of carbonyl (C=O) groups is 3. The monoisotopic (exact) mass is 297 g/mol. The third-order valence-corrected chi connectivity index (χ3v) is 3.70. The normalized spacial score (nSPS) is 30.3. The molecule has 2 aliphatic heterocycles. The van der Waals surface area contributed by atoms with Gasteiger partial charge >= 0.3 is 6.09 Å². The molecule has 2 fully saturated rings. The molecule has 1 spiro atoms. The van der Waals surface area contributed by atoms with Gasteiger partial charge in [-0.05, 0) is 40.5 Å². The number of piperidine rings is 1. The van der Waals surface area contributed by atoms with E-state index in [1.807, 2.05) is 0 Å². The Morgan fingerprint density at radius 2 is 2.05 bits per heavy atom. The first kappa shape index (κ1) is 15.8. The van der Waals surface area contributed by atoms with E-state index in [4.69, 9.17) is 4.74 Å². The third-order valence-electron chi connectivity index (χ3n) is 3.70. The molecule has 0 radical (unpaired) electrons. The van der Waals surface area contributed by atoms with Crippen LogP contribution in [0.2, 0.25) is 0 Å². The van der Waals surface area contributed by atoms with Crippen LogP contribution < -0.4 is 10.6 Å². The van der Waals surface area contributed by atoms with Crippen LogP contribution in [0, 0.1) is 0 Å². The lowest BCUT2D eigenvalue weighted by atomic mass is 9.85. The second kappa shape index (κ2) is 5.29. The summed E-state index contributed by atoms with van der Waals surface area (Å²) < 4.78 is 5.35. The SMILES string of the molecule is CC1NC2(CCCN(C(=O)OC(C)(C)C)C2)C(=O)NC1=O. The van der Waals surface area contributed by atoms with Crippen LogP contribution in [0.3, 0.4) is 0 Å². The standard InChI is InChI=1S/C14H23N3O4/c1-9-10(18)15-11(19)14(16-9)6-5-7-17(8-14)12(20)21-13(2,3)4/h9,16H,5-8H2,1-4H3,(H,15,18,19). The summed E-state index contributed by atoms with van der Waals surface area (Å²) in [6, 6.07) is -0.457. The summed E-state index contributed by atoms with van der Waals surface area (Å²) in [4.78, 5) is 37.4. The Balaban J connectivity index is 2.11. The quantitative estimate of drug-likeness (QED) is 0.632. The summed E-state index contributed by atoms with van der Waals surface area (Å²) in [7, 11) is 0. The van der Waals surface area contributed by atoms with Gasteiger partial charge in [0.15, 0.2) is 0 Å². The molecular formula is C14H23N3O4. The number of nitrogens with zero attached hydrogens (tertiary/aromatic N) is 1. The fourth-order valence-corrected chi connectivity index (χ4v) is 2.73. The zero-order valence-corrected chi connectivity index (χ0v) is 13.0. The van der Waals surface area contributed by atoms with Crippen molar-refractivity contribution < 1.29 is 19.1 Å². The van der Waals surface area contributed by atoms with Crippen LogP contribution in [0.5, 0.6) is 0 Å². The molecule has 2 atom stereocenters. The predicted octanol–water partition coefficient (Wildman–Crippen LogP) is 0.391. The maximum Gasteiger partial charge on any atom is 0.410 e. The van der Waals surface area contributed by atoms with Crippen LogP contribution in [0.15, 0.2) is 0 Å². The van der Waals surface area contributed by atoms with Crippen molar-refractivity contribution in [2.45, 2.75) is 57.7 Å². The highest BCUT2D eigenvalue weighted by molar-refractivity contribution is 6.05. The van der Waals surface area contributed by atoms with Gasteiger partial charge in [0.1, 0.15) is 11.1 Å². The second-order valence-electron chi connectivity index (χ2n) is 6.77. The van der Waals surface area contributed by atoms with Gasteiger partial charge in [-0.2, -0.15) is 0 Å². The van der Waals surface area contributed by atoms with Crippen molar-refractivity contribution in [1.29, 1.82) is 0 Å². The minimum Gasteiger partial charge on any atom is -0.444 e. The Bertz CT molecular complexity index is 471. The van der Waals surface area contributed by atoms with Gasteiger partial charge in [0.25, 0.3) is 0 Å². The van der Waals surface area contributed by atoms with Gasteiger partial charge in [-0.3, -0.25) is 20.2 Å². The Labute approximate surface area is 124 Å². The van der Waals surface area contributed by atoms with E-state index in [-0.39, 0.29) is 18.4 Å². The number of rotatable bonds is 0. The lowest BCUT2D eigenvalue weighted by Crippen LogP contribution is -2.73. The Hall–Kier alpha value is -1.63. The minimum atomic E-state index is -0.900. The zero-order valence-electron chi connectivity index (χ0n) is 13.0. The summed E-state index contributed by atoms with van der Waals surface area (Å²) in [5.74, 6) is -0.695. The van der Waals surface area contributed by atoms with Gasteiger partial charge in [-0.15, -0.1) is 0 Å². The molecule has 2 aliphatic rings. The molecule has 0 aromatic carbocycles. The van der Waals surface area contributed by atoms with Crippen molar-refractivity contribution in [2.75, 3.05) is 13.1 Å². The van der Waals surface area contributed by atoms with Crippen LogP contribution in [0.25, 0.3) is 0 Å². The summed E-state index contributed by atoms with van der Waals surface area (Å²) in [5.41, 5.74) is -1.48. The number of hydrogen-bond acceptors (Lipinski definition) is 5. The van der Waals surface area contributed by atoms with Crippen LogP contribution in [-0.4, -0.2) is 53.1 Å². The van der Waals surface area contributed by atoms with E-state index in [0.29, 0.717) is 19.4 Å². The molecule has 2 unspecified atom stereocenters. The van der Waals surface area contributed by atoms with Crippen LogP contribution in [-0.2, 0) is 14.3 Å². The Morgan fingerprint density at radius 1 is 1.38 bits per heavy atom. The molecule has 2 N–H and O–H groups in total. The van der Waals surface area contributed by atoms with Crippen LogP contribution >= 0.6 is 0 Å². The first-order valence-electron chi connectivity index (χ1n) is 7.24. The van der Waals surface area contributed by atoms with Crippen molar-refractivity contribution in [3.63, 3.8) is 0 Å². The summed E-state index contributed by atoms with van der Waals surface area (Å²) >= 11 is 0. The van der Waals surface area contributed by atoms with E-state index < -0.39 is 23.3 Å². The number of piperazine rings is 1. The van der Waals surface area contributed by atoms with Gasteiger partial charge in [0.05, 0.1) is 12.6 Å². The average molecular weight is 297 g/mol. The molecule has 2 rings (SSSR count). The van der Waals surface area contributed by atoms with Crippen molar-refractivity contribution in [1.82, 2.24) is 15.5 Å². The molecule has 0 bridgehead atoms. The van der Waals surface area contributed by atoms with Gasteiger partial charge < -0.3 is 9.64 Å². The number of amides is 3. The molecular weight excluding hydrogens is 274 g/mol. The van der Waals surface area contributed by atoms with E-state index in [1.54, 1.807) is 27.7 Å². The van der Waals surface area contributed by atoms with Crippen molar-refractivity contribution in [3.05, 3.63) is 0 Å². The molecule has 21 heavy (non-hydrogen) atoms. The van der Waals surface area contributed by atoms with Gasteiger partial charge in [-0.25, -0.2) is 4.79 Å². The van der Waals surface area contributed by atoms with E-state index in [2.05, 4.69) is 10.6 Å². The van der Waals surface area contributed by atoms with Crippen molar-refractivity contribution in [2.24, 2.45) is 0 Å². The number of hydrogen-bond donors (Lipinski definition) is 2. The number of carbonyl (C=O) groups excluding carboxylic acids is 3. The summed E-state index contributed by atoms with van der Waals surface area (Å²) in [6.45, 7) is 7.88. The molecule has 2 heterocycles. The number of nitrogens with one attached hydrogen (secondary N) is 2. The van der Waals surface area contributed by atoms with Crippen LogP contribution in [0.4, 0.5) is 4.79 Å². The third kappa shape index (κ3) is 3.34. The maximum absolute atomic E-state index is 12.2. The maximum atomic E-state index is 12.2. The summed E-state index contributed by atoms with van der Waals surface area (Å²) in [5, 5.41) is 5.45. The number of ether oxygens (including phenoxy) is 1. The van der Waals surface area contributed by atoms with Gasteiger partial charge in [0, 0.05) is 6.54 Å². The molecule has 3 amide bonds. The molecule has 0 aromatic rings. The van der Waals surface area contributed by atoms with E-state index in [9.17, 15) is 14.4 Å². The first-order chi connectivity index (χ1) is 9.63. The molecule has 7 heteroatoms. The van der Waals surface area contributed by atoms with Crippen molar-refractivity contribution in [3.8, 4) is 0 Å². The Kier molecular flexibility index (Phi) is 3.97. The minimum absolute atomic E-state index is 0.214. The lowest BCUT2D eigenvalue weighted by molar-refractivity contribution is -0.142. The topological polar surface area (TPSA) is 87.7 Å². The Morgan fingerprint density at radius 3 is 2.67 bits per heavy atom. The van der Waals surface area contributed by atoms with E-state index >= 15 is 0 Å². The second-order valence-corrected chi connectivity index (χ2v) is 6.77. The highest BCUT2D eigenvalue weighted by Crippen LogP contribution is 2.25. The van der Waals surface area contributed by atoms with Crippen LogP contribution in [0.1, 0.15) is 40.5 Å². The molecule has 0 aliphatic carbocycles. The van der Waals surface area contributed by atoms with E-state index in [0.717, 1.165) is 0 Å². The van der Waals surface area contributed by atoms with Gasteiger partial charge in [0.2, 0.25) is 11.8 Å². The highest BCUT2D eigenvalue weighted by Gasteiger charge is 2.49. The summed E-state index contributed by atoms with van der Waals surface area (Å²) in [6.07, 6.45) is 0.844. The zero-order chi connectivity index (χ0) is 15.8. The first-order valence-corrected chi connectivity index (χ1v) is 7.24. The molecule has 0 aromatic heterocycles. The molecule has 118 valence electrons. The largest absolute Gasteiger partial charge is 0.444 e. The average Bonchev–Trinajstić information content (AvgIpc) is 2.35. The van der Waals surface area contributed by atoms with Crippen molar-refractivity contribution >= 4 is 17.9 Å². The smallest absolute Gasteiger partial charge is 0.410 e. The van der Waals surface area contributed by atoms with Gasteiger partial charge in [-0.1, -0.05) is 0 Å². The van der Waals surface area contributed by atoms with E-state index in [1.165, 1.54) is 4.90 Å². The molecule has 7 nitrogen and oxygen atoms in total. The fraction of sp³-hybridized carbons (Fsp3) is 0.786. The lowest BCUT2D eigenvalue weighted by Gasteiger charge is -2.45. The predicted molar refractivity (Wildman–Crippen MR) is 75.5 cm³/mol. The molecule has 2 saturated heterocycles. The number of likely N-dealkylation sites (tertiary alicyclic amines) is 1. The fourth-order valence-electron chi connectivity index (χ4n) is 2.73. The molecule has 0 saturated carbocycles.